The molecule has 0 saturated heterocycles. The van der Waals surface area contributed by atoms with Gasteiger partial charge < -0.3 is 24.7 Å². The molecule has 0 bridgehead atoms. The molecule has 0 aliphatic carbocycles. The molecule has 0 fully saturated rings. The van der Waals surface area contributed by atoms with Gasteiger partial charge >= 0.3 is 0 Å². The Hall–Kier alpha value is -3.55. The second-order valence-electron chi connectivity index (χ2n) is 7.03. The summed E-state index contributed by atoms with van der Waals surface area (Å²) in [4.78, 5) is 4.71. The van der Waals surface area contributed by atoms with E-state index >= 15 is 0 Å². The first-order valence-corrected chi connectivity index (χ1v) is 10.3. The molecule has 0 amide bonds. The number of ether oxygens (including phenoxy) is 2. The monoisotopic (exact) mass is 422 g/mol. The minimum Gasteiger partial charge on any atom is -0.497 e. The minimum absolute atomic E-state index is 0.534. The molecule has 0 radical (unpaired) electrons. The first-order chi connectivity index (χ1) is 15.2. The number of rotatable bonds is 10. The van der Waals surface area contributed by atoms with E-state index in [1.165, 1.54) is 0 Å². The third kappa shape index (κ3) is 7.02. The Balaban J connectivity index is 1.53. The number of aryl methyl sites for hydroxylation is 1. The Morgan fingerprint density at radius 3 is 2.45 bits per heavy atom. The van der Waals surface area contributed by atoms with Gasteiger partial charge in [-0.3, -0.25) is 0 Å². The van der Waals surface area contributed by atoms with Crippen molar-refractivity contribution in [3.05, 3.63) is 71.8 Å². The van der Waals surface area contributed by atoms with Crippen LogP contribution in [-0.4, -0.2) is 41.0 Å². The molecule has 0 aliphatic rings. The van der Waals surface area contributed by atoms with E-state index in [2.05, 4.69) is 20.8 Å². The summed E-state index contributed by atoms with van der Waals surface area (Å²) in [5, 5.41) is 15.0. The zero-order valence-electron chi connectivity index (χ0n) is 18.3. The second-order valence-corrected chi connectivity index (χ2v) is 7.03. The first kappa shape index (κ1) is 22.1. The van der Waals surface area contributed by atoms with Gasteiger partial charge in [0.25, 0.3) is 0 Å². The lowest BCUT2D eigenvalue weighted by Crippen LogP contribution is -2.38. The van der Waals surface area contributed by atoms with Crippen molar-refractivity contribution in [3.63, 3.8) is 0 Å². The molecule has 1 heterocycles. The highest BCUT2D eigenvalue weighted by Crippen LogP contribution is 2.12. The molecule has 2 aromatic carbocycles. The first-order valence-electron chi connectivity index (χ1n) is 10.3. The topological polar surface area (TPSA) is 85.6 Å². The summed E-state index contributed by atoms with van der Waals surface area (Å²) in [5.74, 6) is 4.16. The van der Waals surface area contributed by atoms with Crippen molar-refractivity contribution in [2.24, 2.45) is 12.0 Å². The molecule has 1 aromatic heterocycles. The zero-order chi connectivity index (χ0) is 21.9. The number of aliphatic imine (C=N–C) groups is 1. The SMILES string of the molecule is COc1ccc(CN=C(NCCCOc2ccccc2)NCc2nnc(C)n2C)cc1. The number of nitrogens with one attached hydrogen (secondary N) is 2. The van der Waals surface area contributed by atoms with Gasteiger partial charge in [0.05, 0.1) is 26.8 Å². The van der Waals surface area contributed by atoms with Crippen molar-refractivity contribution in [1.82, 2.24) is 25.4 Å². The fourth-order valence-corrected chi connectivity index (χ4v) is 2.83. The quantitative estimate of drug-likeness (QED) is 0.297. The van der Waals surface area contributed by atoms with Gasteiger partial charge in [0.1, 0.15) is 17.3 Å². The van der Waals surface area contributed by atoms with E-state index in [0.29, 0.717) is 19.7 Å². The van der Waals surface area contributed by atoms with Crippen LogP contribution in [0.4, 0.5) is 0 Å². The summed E-state index contributed by atoms with van der Waals surface area (Å²) >= 11 is 0. The fraction of sp³-hybridized carbons (Fsp3) is 0.348. The highest BCUT2D eigenvalue weighted by molar-refractivity contribution is 5.79. The lowest BCUT2D eigenvalue weighted by atomic mass is 10.2. The largest absolute Gasteiger partial charge is 0.497 e. The molecule has 8 heteroatoms. The molecule has 3 rings (SSSR count). The predicted octanol–water partition coefficient (Wildman–Crippen LogP) is 2.84. The van der Waals surface area contributed by atoms with E-state index in [1.54, 1.807) is 7.11 Å². The zero-order valence-corrected chi connectivity index (χ0v) is 18.3. The number of aromatic nitrogens is 3. The molecule has 2 N–H and O–H groups in total. The van der Waals surface area contributed by atoms with Crippen LogP contribution in [-0.2, 0) is 20.1 Å². The molecule has 3 aromatic rings. The van der Waals surface area contributed by atoms with E-state index in [4.69, 9.17) is 14.5 Å². The number of guanidine groups is 1. The summed E-state index contributed by atoms with van der Waals surface area (Å²) in [6, 6.07) is 17.7. The molecule has 0 aliphatic heterocycles. The molecule has 164 valence electrons. The smallest absolute Gasteiger partial charge is 0.191 e. The third-order valence-corrected chi connectivity index (χ3v) is 4.80. The third-order valence-electron chi connectivity index (χ3n) is 4.80. The lowest BCUT2D eigenvalue weighted by molar-refractivity contribution is 0.311. The molecular weight excluding hydrogens is 392 g/mol. The predicted molar refractivity (Wildman–Crippen MR) is 121 cm³/mol. The fourth-order valence-electron chi connectivity index (χ4n) is 2.83. The van der Waals surface area contributed by atoms with Crippen LogP contribution >= 0.6 is 0 Å². The Morgan fingerprint density at radius 1 is 1.00 bits per heavy atom. The molecule has 0 atom stereocenters. The molecule has 0 spiro atoms. The second kappa shape index (κ2) is 11.6. The average molecular weight is 423 g/mol. The van der Waals surface area contributed by atoms with Crippen LogP contribution in [0.5, 0.6) is 11.5 Å². The summed E-state index contributed by atoms with van der Waals surface area (Å²) in [7, 11) is 3.61. The van der Waals surface area contributed by atoms with Gasteiger partial charge in [0.2, 0.25) is 0 Å². The molecule has 8 nitrogen and oxygen atoms in total. The minimum atomic E-state index is 0.534. The standard InChI is InChI=1S/C23H30N6O2/c1-18-27-28-22(29(18)2)17-26-23(25-16-19-10-12-20(30-3)13-11-19)24-14-7-15-31-21-8-5-4-6-9-21/h4-6,8-13H,7,14-17H2,1-3H3,(H2,24,25,26). The molecule has 0 unspecified atom stereocenters. The molecule has 0 saturated carbocycles. The maximum absolute atomic E-state index is 5.75. The normalized spacial score (nSPS) is 11.3. The van der Waals surface area contributed by atoms with E-state index < -0.39 is 0 Å². The maximum atomic E-state index is 5.75. The van der Waals surface area contributed by atoms with Crippen molar-refractivity contribution >= 4 is 5.96 Å². The van der Waals surface area contributed by atoms with E-state index in [9.17, 15) is 0 Å². The summed E-state index contributed by atoms with van der Waals surface area (Å²) in [6.07, 6.45) is 0.848. The Bertz CT molecular complexity index is 954. The Labute approximate surface area is 183 Å². The van der Waals surface area contributed by atoms with Crippen LogP contribution in [0.3, 0.4) is 0 Å². The highest BCUT2D eigenvalue weighted by Gasteiger charge is 2.06. The highest BCUT2D eigenvalue weighted by atomic mass is 16.5. The summed E-state index contributed by atoms with van der Waals surface area (Å²) < 4.78 is 12.9. The van der Waals surface area contributed by atoms with Crippen molar-refractivity contribution < 1.29 is 9.47 Å². The van der Waals surface area contributed by atoms with Crippen LogP contribution in [0.1, 0.15) is 23.6 Å². The van der Waals surface area contributed by atoms with Crippen LogP contribution in [0.15, 0.2) is 59.6 Å². The van der Waals surface area contributed by atoms with Crippen LogP contribution < -0.4 is 20.1 Å². The number of methoxy groups -OCH3 is 1. The Kier molecular flexibility index (Phi) is 8.28. The van der Waals surface area contributed by atoms with Crippen molar-refractivity contribution in [2.45, 2.75) is 26.4 Å². The number of para-hydroxylation sites is 1. The van der Waals surface area contributed by atoms with E-state index in [1.807, 2.05) is 73.1 Å². The van der Waals surface area contributed by atoms with Gasteiger partial charge in [-0.15, -0.1) is 10.2 Å². The Morgan fingerprint density at radius 2 is 1.77 bits per heavy atom. The number of hydrogen-bond acceptors (Lipinski definition) is 5. The number of benzene rings is 2. The van der Waals surface area contributed by atoms with Crippen LogP contribution in [0.2, 0.25) is 0 Å². The average Bonchev–Trinajstić information content (AvgIpc) is 3.13. The van der Waals surface area contributed by atoms with Gasteiger partial charge in [0.15, 0.2) is 11.8 Å². The van der Waals surface area contributed by atoms with Gasteiger partial charge in [-0.05, 0) is 43.2 Å². The van der Waals surface area contributed by atoms with Gasteiger partial charge in [-0.25, -0.2) is 4.99 Å². The number of nitrogens with zero attached hydrogens (tertiary/aromatic N) is 4. The van der Waals surface area contributed by atoms with E-state index in [0.717, 1.165) is 47.6 Å². The lowest BCUT2D eigenvalue weighted by Gasteiger charge is -2.13. The van der Waals surface area contributed by atoms with Gasteiger partial charge in [0, 0.05) is 13.6 Å². The van der Waals surface area contributed by atoms with Gasteiger partial charge in [-0.2, -0.15) is 0 Å². The molecular formula is C23H30N6O2. The molecule has 31 heavy (non-hydrogen) atoms. The van der Waals surface area contributed by atoms with Crippen molar-refractivity contribution in [1.29, 1.82) is 0 Å². The van der Waals surface area contributed by atoms with Gasteiger partial charge in [-0.1, -0.05) is 30.3 Å². The van der Waals surface area contributed by atoms with Crippen LogP contribution in [0, 0.1) is 6.92 Å². The maximum Gasteiger partial charge on any atom is 0.191 e. The van der Waals surface area contributed by atoms with Crippen molar-refractivity contribution in [2.75, 3.05) is 20.3 Å². The van der Waals surface area contributed by atoms with Crippen LogP contribution in [0.25, 0.3) is 0 Å². The van der Waals surface area contributed by atoms with Crippen molar-refractivity contribution in [3.8, 4) is 11.5 Å². The summed E-state index contributed by atoms with van der Waals surface area (Å²) in [6.45, 7) is 4.38. The summed E-state index contributed by atoms with van der Waals surface area (Å²) in [5.41, 5.74) is 1.10. The van der Waals surface area contributed by atoms with E-state index in [-0.39, 0.29) is 0 Å². The number of hydrogen-bond donors (Lipinski definition) is 2.